The van der Waals surface area contributed by atoms with Gasteiger partial charge < -0.3 is 20.9 Å². The Morgan fingerprint density at radius 1 is 1.20 bits per heavy atom. The summed E-state index contributed by atoms with van der Waals surface area (Å²) in [5.74, 6) is -0.758. The number of hydrogen-bond donors (Lipinski definition) is 3. The molecule has 0 aliphatic carbocycles. The number of carbonyl (C=O) groups is 2. The maximum absolute atomic E-state index is 11.8. The summed E-state index contributed by atoms with van der Waals surface area (Å²) in [5, 5.41) is 11.9. The van der Waals surface area contributed by atoms with Crippen LogP contribution in [0.25, 0.3) is 17.2 Å². The second-order valence-electron chi connectivity index (χ2n) is 7.92. The second-order valence-corrected chi connectivity index (χ2v) is 7.92. The minimum absolute atomic E-state index is 0.0975. The van der Waals surface area contributed by atoms with Crippen LogP contribution in [-0.2, 0) is 16.1 Å². The van der Waals surface area contributed by atoms with Crippen LogP contribution in [0.5, 0.6) is 0 Å². The summed E-state index contributed by atoms with van der Waals surface area (Å²) in [6.07, 6.45) is 2.90. The van der Waals surface area contributed by atoms with Crippen molar-refractivity contribution < 1.29 is 19.4 Å². The van der Waals surface area contributed by atoms with Gasteiger partial charge in [-0.1, -0.05) is 18.2 Å². The highest BCUT2D eigenvalue weighted by Crippen LogP contribution is 2.31. The van der Waals surface area contributed by atoms with Crippen LogP contribution in [-0.4, -0.2) is 33.6 Å². The summed E-state index contributed by atoms with van der Waals surface area (Å²) in [5.41, 5.74) is 9.24. The van der Waals surface area contributed by atoms with E-state index < -0.39 is 17.7 Å². The van der Waals surface area contributed by atoms with E-state index in [0.717, 1.165) is 11.1 Å². The van der Waals surface area contributed by atoms with Crippen LogP contribution in [0.3, 0.4) is 0 Å². The molecule has 8 nitrogen and oxygen atoms in total. The SMILES string of the molecule is CC(C)(C)OC(=O)NCc1ccc(-c2ccc3c(c2)N=C(N)CC(C(=O)O)=C3)cn1. The van der Waals surface area contributed by atoms with Crippen LogP contribution < -0.4 is 11.1 Å². The lowest BCUT2D eigenvalue weighted by molar-refractivity contribution is -0.132. The highest BCUT2D eigenvalue weighted by atomic mass is 16.6. The number of pyridine rings is 1. The molecule has 2 heterocycles. The van der Waals surface area contributed by atoms with Crippen LogP contribution in [0.4, 0.5) is 10.5 Å². The Labute approximate surface area is 174 Å². The van der Waals surface area contributed by atoms with Crippen molar-refractivity contribution in [3.63, 3.8) is 0 Å². The first-order valence-corrected chi connectivity index (χ1v) is 9.44. The molecule has 1 amide bonds. The molecule has 0 spiro atoms. The summed E-state index contributed by atoms with van der Waals surface area (Å²) in [4.78, 5) is 31.8. The van der Waals surface area contributed by atoms with E-state index in [-0.39, 0.29) is 24.4 Å². The standard InChI is InChI=1S/C22H24N4O4/c1-22(2,3)30-21(29)25-12-17-7-6-15(11-24-17)13-4-5-14-8-16(20(27)28)10-19(23)26-18(14)9-13/h4-9,11H,10,12H2,1-3H3,(H2,23,26)(H,25,29)(H,27,28). The van der Waals surface area contributed by atoms with E-state index in [9.17, 15) is 14.7 Å². The zero-order chi connectivity index (χ0) is 21.9. The van der Waals surface area contributed by atoms with Gasteiger partial charge in [0.1, 0.15) is 11.4 Å². The monoisotopic (exact) mass is 408 g/mol. The lowest BCUT2D eigenvalue weighted by atomic mass is 10.0. The van der Waals surface area contributed by atoms with E-state index in [1.807, 2.05) is 30.3 Å². The Hall–Kier alpha value is -3.68. The highest BCUT2D eigenvalue weighted by molar-refractivity contribution is 6.02. The molecule has 0 unspecified atom stereocenters. The number of carboxylic acids is 1. The van der Waals surface area contributed by atoms with Gasteiger partial charge in [-0.3, -0.25) is 4.98 Å². The Morgan fingerprint density at radius 2 is 1.93 bits per heavy atom. The first-order chi connectivity index (χ1) is 14.1. The van der Waals surface area contributed by atoms with Gasteiger partial charge in [-0.2, -0.15) is 0 Å². The number of aromatic nitrogens is 1. The number of amidine groups is 1. The lowest BCUT2D eigenvalue weighted by Gasteiger charge is -2.19. The van der Waals surface area contributed by atoms with Crippen molar-refractivity contribution in [3.05, 3.63) is 53.4 Å². The molecule has 1 aliphatic rings. The maximum atomic E-state index is 11.8. The minimum atomic E-state index is -1.01. The van der Waals surface area contributed by atoms with Crippen molar-refractivity contribution in [3.8, 4) is 11.1 Å². The largest absolute Gasteiger partial charge is 0.478 e. The number of hydrogen-bond acceptors (Lipinski definition) is 6. The van der Waals surface area contributed by atoms with Crippen LogP contribution in [0.2, 0.25) is 0 Å². The number of benzene rings is 1. The molecule has 0 saturated heterocycles. The molecular weight excluding hydrogens is 384 g/mol. The zero-order valence-corrected chi connectivity index (χ0v) is 17.1. The fourth-order valence-corrected chi connectivity index (χ4v) is 2.88. The van der Waals surface area contributed by atoms with Crippen LogP contribution in [0.1, 0.15) is 38.4 Å². The minimum Gasteiger partial charge on any atom is -0.478 e. The molecule has 3 rings (SSSR count). The number of nitrogens with one attached hydrogen (secondary N) is 1. The van der Waals surface area contributed by atoms with Gasteiger partial charge in [0.15, 0.2) is 0 Å². The summed E-state index contributed by atoms with van der Waals surface area (Å²) < 4.78 is 5.20. The Balaban J connectivity index is 1.75. The molecule has 1 aromatic heterocycles. The number of carbonyl (C=O) groups excluding carboxylic acids is 1. The van der Waals surface area contributed by atoms with Crippen molar-refractivity contribution in [1.29, 1.82) is 0 Å². The van der Waals surface area contributed by atoms with E-state index in [4.69, 9.17) is 10.5 Å². The quantitative estimate of drug-likeness (QED) is 0.709. The molecule has 156 valence electrons. The molecule has 0 atom stereocenters. The molecule has 1 aliphatic heterocycles. The fraction of sp³-hybridized carbons (Fsp3) is 0.273. The Kier molecular flexibility index (Phi) is 5.86. The zero-order valence-electron chi connectivity index (χ0n) is 17.1. The number of alkyl carbamates (subject to hydrolysis) is 1. The molecule has 0 bridgehead atoms. The third-order valence-corrected chi connectivity index (χ3v) is 4.24. The number of nitrogens with two attached hydrogens (primary N) is 1. The summed E-state index contributed by atoms with van der Waals surface area (Å²) in [7, 11) is 0. The number of rotatable bonds is 4. The molecule has 0 fully saturated rings. The number of ether oxygens (including phenoxy) is 1. The first kappa shape index (κ1) is 21.0. The molecule has 30 heavy (non-hydrogen) atoms. The molecular formula is C22H24N4O4. The third kappa shape index (κ3) is 5.44. The topological polar surface area (TPSA) is 127 Å². The van der Waals surface area contributed by atoms with E-state index in [0.29, 0.717) is 16.9 Å². The van der Waals surface area contributed by atoms with Crippen molar-refractivity contribution in [2.24, 2.45) is 10.7 Å². The van der Waals surface area contributed by atoms with Gasteiger partial charge in [0, 0.05) is 29.3 Å². The second kappa shape index (κ2) is 8.36. The third-order valence-electron chi connectivity index (χ3n) is 4.24. The van der Waals surface area contributed by atoms with E-state index >= 15 is 0 Å². The van der Waals surface area contributed by atoms with Gasteiger partial charge in [-0.15, -0.1) is 0 Å². The molecule has 0 radical (unpaired) electrons. The van der Waals surface area contributed by atoms with Gasteiger partial charge in [0.2, 0.25) is 0 Å². The van der Waals surface area contributed by atoms with Crippen LogP contribution >= 0.6 is 0 Å². The predicted octanol–water partition coefficient (Wildman–Crippen LogP) is 3.63. The summed E-state index contributed by atoms with van der Waals surface area (Å²) >= 11 is 0. The smallest absolute Gasteiger partial charge is 0.407 e. The average molecular weight is 408 g/mol. The van der Waals surface area contributed by atoms with Crippen molar-refractivity contribution in [2.75, 3.05) is 0 Å². The van der Waals surface area contributed by atoms with Gasteiger partial charge in [-0.25, -0.2) is 14.6 Å². The number of aliphatic carboxylic acids is 1. The van der Waals surface area contributed by atoms with Crippen molar-refractivity contribution in [1.82, 2.24) is 10.3 Å². The lowest BCUT2D eigenvalue weighted by Crippen LogP contribution is -2.32. The number of aliphatic imine (C=N–C) groups is 1. The number of carboxylic acid groups (broad SMARTS) is 1. The van der Waals surface area contributed by atoms with Gasteiger partial charge in [0.25, 0.3) is 0 Å². The van der Waals surface area contributed by atoms with E-state index in [2.05, 4.69) is 15.3 Å². The normalized spacial score (nSPS) is 13.4. The van der Waals surface area contributed by atoms with E-state index in [1.165, 1.54) is 0 Å². The predicted molar refractivity (Wildman–Crippen MR) is 114 cm³/mol. The van der Waals surface area contributed by atoms with E-state index in [1.54, 1.807) is 33.0 Å². The van der Waals surface area contributed by atoms with Gasteiger partial charge >= 0.3 is 12.1 Å². The van der Waals surface area contributed by atoms with Gasteiger partial charge in [0.05, 0.1) is 17.9 Å². The number of amides is 1. The molecule has 4 N–H and O–H groups in total. The molecule has 1 aromatic carbocycles. The van der Waals surface area contributed by atoms with Crippen molar-refractivity contribution in [2.45, 2.75) is 39.3 Å². The molecule has 8 heteroatoms. The number of nitrogens with zero attached hydrogens (tertiary/aromatic N) is 2. The van der Waals surface area contributed by atoms with Crippen LogP contribution in [0, 0.1) is 0 Å². The average Bonchev–Trinajstić information content (AvgIpc) is 2.83. The summed E-state index contributed by atoms with van der Waals surface area (Å²) in [6.45, 7) is 5.66. The maximum Gasteiger partial charge on any atom is 0.407 e. The number of fused-ring (bicyclic) bond motifs is 1. The Bertz CT molecular complexity index is 1030. The fourth-order valence-electron chi connectivity index (χ4n) is 2.88. The first-order valence-electron chi connectivity index (χ1n) is 9.44. The highest BCUT2D eigenvalue weighted by Gasteiger charge is 2.17. The van der Waals surface area contributed by atoms with Crippen LogP contribution in [0.15, 0.2) is 47.1 Å². The molecule has 2 aromatic rings. The van der Waals surface area contributed by atoms with Gasteiger partial charge in [-0.05, 0) is 44.5 Å². The Morgan fingerprint density at radius 3 is 2.57 bits per heavy atom. The summed E-state index contributed by atoms with van der Waals surface area (Å²) in [6, 6.07) is 9.25. The molecule has 0 saturated carbocycles. The van der Waals surface area contributed by atoms with Crippen molar-refractivity contribution >= 4 is 29.7 Å².